The number of carbonyl (C=O) groups excluding carboxylic acids is 2. The molecule has 1 aromatic heterocycles. The Morgan fingerprint density at radius 1 is 1.47 bits per heavy atom. The highest BCUT2D eigenvalue weighted by Crippen LogP contribution is 2.30. The van der Waals surface area contributed by atoms with Gasteiger partial charge in [0.2, 0.25) is 0 Å². The zero-order valence-electron chi connectivity index (χ0n) is 9.25. The first-order valence-corrected chi connectivity index (χ1v) is 5.99. The van der Waals surface area contributed by atoms with E-state index in [9.17, 15) is 9.59 Å². The Labute approximate surface area is 103 Å². The lowest BCUT2D eigenvalue weighted by molar-refractivity contribution is -0.122. The van der Waals surface area contributed by atoms with Gasteiger partial charge in [-0.1, -0.05) is 6.08 Å². The van der Waals surface area contributed by atoms with Crippen LogP contribution >= 0.6 is 11.8 Å². The summed E-state index contributed by atoms with van der Waals surface area (Å²) in [5, 5.41) is -0.213. The third-order valence-corrected chi connectivity index (χ3v) is 3.17. The standard InChI is InChI=1S/C12H11NO3S/c1-2-13-11(14)10(17-12(13)15)7-3-5-9-6-4-8-16-9/h3-8H,2H2,1H3/b5-3+,10-7+. The number of rotatable bonds is 3. The Balaban J connectivity index is 2.09. The van der Waals surface area contributed by atoms with Crippen LogP contribution in [0.15, 0.2) is 39.9 Å². The van der Waals surface area contributed by atoms with Crippen molar-refractivity contribution in [1.29, 1.82) is 0 Å². The third kappa shape index (κ3) is 2.50. The van der Waals surface area contributed by atoms with E-state index in [1.54, 1.807) is 37.5 Å². The van der Waals surface area contributed by atoms with Crippen LogP contribution in [0.25, 0.3) is 6.08 Å². The van der Waals surface area contributed by atoms with Crippen molar-refractivity contribution < 1.29 is 14.0 Å². The van der Waals surface area contributed by atoms with Gasteiger partial charge in [-0.15, -0.1) is 0 Å². The molecule has 2 amide bonds. The van der Waals surface area contributed by atoms with Gasteiger partial charge >= 0.3 is 0 Å². The molecule has 5 heteroatoms. The van der Waals surface area contributed by atoms with Crippen LogP contribution in [0.4, 0.5) is 4.79 Å². The molecule has 0 bridgehead atoms. The van der Waals surface area contributed by atoms with Crippen molar-refractivity contribution in [1.82, 2.24) is 4.90 Å². The molecule has 0 atom stereocenters. The highest BCUT2D eigenvalue weighted by molar-refractivity contribution is 8.18. The molecule has 1 fully saturated rings. The smallest absolute Gasteiger partial charge is 0.293 e. The van der Waals surface area contributed by atoms with Gasteiger partial charge in [0.25, 0.3) is 11.1 Å². The SMILES string of the molecule is CCN1C(=O)S/C(=C/C=C/c2ccco2)C1=O. The van der Waals surface area contributed by atoms with E-state index in [1.165, 1.54) is 4.90 Å². The summed E-state index contributed by atoms with van der Waals surface area (Å²) in [6.07, 6.45) is 6.64. The van der Waals surface area contributed by atoms with E-state index in [0.717, 1.165) is 11.8 Å². The Morgan fingerprint density at radius 2 is 2.29 bits per heavy atom. The van der Waals surface area contributed by atoms with Gasteiger partial charge in [-0.05, 0) is 43.0 Å². The lowest BCUT2D eigenvalue weighted by atomic mass is 10.3. The van der Waals surface area contributed by atoms with Crippen LogP contribution in [-0.2, 0) is 4.79 Å². The summed E-state index contributed by atoms with van der Waals surface area (Å²) in [7, 11) is 0. The summed E-state index contributed by atoms with van der Waals surface area (Å²) in [4.78, 5) is 24.8. The second kappa shape index (κ2) is 5.05. The van der Waals surface area contributed by atoms with Gasteiger partial charge in [-0.2, -0.15) is 0 Å². The number of amides is 2. The van der Waals surface area contributed by atoms with Gasteiger partial charge in [-0.3, -0.25) is 14.5 Å². The number of imide groups is 1. The van der Waals surface area contributed by atoms with Crippen LogP contribution in [0, 0.1) is 0 Å². The van der Waals surface area contributed by atoms with Gasteiger partial charge in [0.1, 0.15) is 5.76 Å². The minimum atomic E-state index is -0.230. The first-order valence-electron chi connectivity index (χ1n) is 5.18. The van der Waals surface area contributed by atoms with Crippen molar-refractivity contribution >= 4 is 29.0 Å². The van der Waals surface area contributed by atoms with Gasteiger partial charge < -0.3 is 4.42 Å². The molecular formula is C12H11NO3S. The van der Waals surface area contributed by atoms with E-state index in [2.05, 4.69) is 0 Å². The van der Waals surface area contributed by atoms with E-state index in [4.69, 9.17) is 4.42 Å². The highest BCUT2D eigenvalue weighted by atomic mass is 32.2. The fraction of sp³-hybridized carbons (Fsp3) is 0.167. The maximum absolute atomic E-state index is 11.7. The highest BCUT2D eigenvalue weighted by Gasteiger charge is 2.33. The molecule has 17 heavy (non-hydrogen) atoms. The quantitative estimate of drug-likeness (QED) is 0.773. The van der Waals surface area contributed by atoms with E-state index < -0.39 is 0 Å². The summed E-state index contributed by atoms with van der Waals surface area (Å²) in [5.74, 6) is 0.475. The normalized spacial score (nSPS) is 18.9. The number of thioether (sulfide) groups is 1. The van der Waals surface area contributed by atoms with Crippen molar-refractivity contribution in [2.45, 2.75) is 6.92 Å². The Kier molecular flexibility index (Phi) is 3.49. The van der Waals surface area contributed by atoms with Crippen LogP contribution in [0.2, 0.25) is 0 Å². The van der Waals surface area contributed by atoms with Crippen molar-refractivity contribution in [3.8, 4) is 0 Å². The molecule has 1 aliphatic heterocycles. The maximum Gasteiger partial charge on any atom is 0.293 e. The first-order chi connectivity index (χ1) is 8.22. The first kappa shape index (κ1) is 11.7. The fourth-order valence-electron chi connectivity index (χ4n) is 1.40. The fourth-order valence-corrected chi connectivity index (χ4v) is 2.26. The molecule has 0 aliphatic carbocycles. The summed E-state index contributed by atoms with van der Waals surface area (Å²) < 4.78 is 5.10. The number of carbonyl (C=O) groups is 2. The Hall–Kier alpha value is -1.75. The van der Waals surface area contributed by atoms with Crippen LogP contribution in [0.3, 0.4) is 0 Å². The molecule has 1 aliphatic rings. The molecule has 0 N–H and O–H groups in total. The number of hydrogen-bond donors (Lipinski definition) is 0. The van der Waals surface area contributed by atoms with Crippen LogP contribution in [-0.4, -0.2) is 22.6 Å². The zero-order valence-corrected chi connectivity index (χ0v) is 10.1. The molecule has 0 saturated carbocycles. The maximum atomic E-state index is 11.7. The Bertz CT molecular complexity index is 488. The topological polar surface area (TPSA) is 50.5 Å². The molecule has 1 aromatic rings. The molecule has 1 saturated heterocycles. The van der Waals surface area contributed by atoms with Crippen LogP contribution < -0.4 is 0 Å². The number of nitrogens with zero attached hydrogens (tertiary/aromatic N) is 1. The lowest BCUT2D eigenvalue weighted by Gasteiger charge is -2.06. The molecule has 2 rings (SSSR count). The van der Waals surface area contributed by atoms with E-state index in [-0.39, 0.29) is 11.1 Å². The molecule has 0 spiro atoms. The number of furan rings is 1. The Morgan fingerprint density at radius 3 is 2.88 bits per heavy atom. The predicted octanol–water partition coefficient (Wildman–Crippen LogP) is 2.89. The number of hydrogen-bond acceptors (Lipinski definition) is 4. The zero-order chi connectivity index (χ0) is 12.3. The molecule has 2 heterocycles. The van der Waals surface area contributed by atoms with Crippen molar-refractivity contribution in [2.24, 2.45) is 0 Å². The molecule has 4 nitrogen and oxygen atoms in total. The third-order valence-electron chi connectivity index (χ3n) is 2.24. The van der Waals surface area contributed by atoms with Crippen molar-refractivity contribution in [2.75, 3.05) is 6.54 Å². The molecule has 0 aromatic carbocycles. The van der Waals surface area contributed by atoms with Crippen LogP contribution in [0.1, 0.15) is 12.7 Å². The van der Waals surface area contributed by atoms with Gasteiger partial charge in [0.05, 0.1) is 11.2 Å². The molecule has 0 radical (unpaired) electrons. The van der Waals surface area contributed by atoms with E-state index >= 15 is 0 Å². The summed E-state index contributed by atoms with van der Waals surface area (Å²) in [6.45, 7) is 2.18. The monoisotopic (exact) mass is 249 g/mol. The molecule has 0 unspecified atom stereocenters. The van der Waals surface area contributed by atoms with Gasteiger partial charge in [-0.25, -0.2) is 0 Å². The van der Waals surface area contributed by atoms with E-state index in [1.807, 2.05) is 6.07 Å². The molecular weight excluding hydrogens is 238 g/mol. The summed E-state index contributed by atoms with van der Waals surface area (Å²) in [6, 6.07) is 3.59. The lowest BCUT2D eigenvalue weighted by Crippen LogP contribution is -2.27. The molecule has 88 valence electrons. The minimum Gasteiger partial charge on any atom is -0.465 e. The second-order valence-corrected chi connectivity index (χ2v) is 4.32. The minimum absolute atomic E-state index is 0.213. The predicted molar refractivity (Wildman–Crippen MR) is 66.2 cm³/mol. The van der Waals surface area contributed by atoms with Crippen molar-refractivity contribution in [3.05, 3.63) is 41.2 Å². The number of allylic oxidation sites excluding steroid dienone is 2. The average molecular weight is 249 g/mol. The average Bonchev–Trinajstić information content (AvgIpc) is 2.89. The summed E-state index contributed by atoms with van der Waals surface area (Å²) in [5.41, 5.74) is 0. The van der Waals surface area contributed by atoms with Crippen LogP contribution in [0.5, 0.6) is 0 Å². The number of likely N-dealkylation sites (N-methyl/N-ethyl adjacent to an activating group) is 1. The van der Waals surface area contributed by atoms with Crippen molar-refractivity contribution in [3.63, 3.8) is 0 Å². The van der Waals surface area contributed by atoms with Gasteiger partial charge in [0.15, 0.2) is 0 Å². The second-order valence-electron chi connectivity index (χ2n) is 3.32. The van der Waals surface area contributed by atoms with E-state index in [0.29, 0.717) is 17.2 Å². The summed E-state index contributed by atoms with van der Waals surface area (Å²) >= 11 is 0.960. The van der Waals surface area contributed by atoms with Gasteiger partial charge in [0, 0.05) is 6.54 Å². The largest absolute Gasteiger partial charge is 0.465 e.